The number of methoxy groups -OCH3 is 1. The number of fused-ring (bicyclic) bond motifs is 7. The van der Waals surface area contributed by atoms with Crippen LogP contribution in [-0.4, -0.2) is 143 Å². The molecule has 0 saturated carbocycles. The highest BCUT2D eigenvalue weighted by atomic mass is 35.5. The van der Waals surface area contributed by atoms with Gasteiger partial charge in [0.1, 0.15) is 54.2 Å². The zero-order valence-electron chi connectivity index (χ0n) is 44.8. The van der Waals surface area contributed by atoms with Gasteiger partial charge in [-0.3, -0.25) is 14.7 Å². The SMILES string of the molecule is COC[C@@H](C)Oc1nc2c3c(c(Cl)c(-c4c(C)c(F)cc5[nH]ncc45)c(OCc4ccc(-c5cn([C@H](C(=O)N6C[C@H](O)C[C@H]6C(=O)N[C@@H](CO)c6ccc(-c7scnc7C)cc6)C(C)C)nn5)cc4)c3n1)OC[C@@H]1[C@@H]3C[C@@H](CN3)N21. The van der Waals surface area contributed by atoms with Gasteiger partial charge in [0.2, 0.25) is 11.8 Å². The number of carbonyl (C=O) groups excluding carboxylic acids is 2. The molecule has 0 spiro atoms. The molecule has 3 fully saturated rings. The number of halogens is 2. The zero-order valence-corrected chi connectivity index (χ0v) is 46.4. The van der Waals surface area contributed by atoms with Crippen molar-refractivity contribution in [3.8, 4) is 50.3 Å². The van der Waals surface area contributed by atoms with Crippen molar-refractivity contribution in [3.63, 3.8) is 0 Å². The van der Waals surface area contributed by atoms with Crippen LogP contribution in [0.1, 0.15) is 68.1 Å². The Labute approximate surface area is 468 Å². The van der Waals surface area contributed by atoms with Gasteiger partial charge in [-0.15, -0.1) is 16.4 Å². The molecule has 4 aromatic carbocycles. The Kier molecular flexibility index (Phi) is 14.4. The Balaban J connectivity index is 0.827. The summed E-state index contributed by atoms with van der Waals surface area (Å²) in [5.74, 6) is -0.409. The Morgan fingerprint density at radius 2 is 1.84 bits per heavy atom. The summed E-state index contributed by atoms with van der Waals surface area (Å²) in [5, 5.41) is 45.4. The first-order valence-electron chi connectivity index (χ1n) is 26.7. The lowest BCUT2D eigenvalue weighted by atomic mass is 9.93. The molecule has 12 rings (SSSR count). The number of benzene rings is 4. The highest BCUT2D eigenvalue weighted by Gasteiger charge is 2.50. The maximum atomic E-state index is 16.0. The third-order valence-electron chi connectivity index (χ3n) is 15.9. The molecule has 4 aliphatic heterocycles. The van der Waals surface area contributed by atoms with Crippen LogP contribution in [0.2, 0.25) is 5.02 Å². The number of carbonyl (C=O) groups is 2. The molecular formula is C57H60ClFN12O8S. The van der Waals surface area contributed by atoms with Crippen LogP contribution >= 0.6 is 22.9 Å². The Hall–Kier alpha value is -7.34. The number of aliphatic hydroxyl groups is 2. The maximum Gasteiger partial charge on any atom is 0.319 e. The van der Waals surface area contributed by atoms with Crippen molar-refractivity contribution >= 4 is 62.4 Å². The van der Waals surface area contributed by atoms with Crippen LogP contribution in [0.5, 0.6) is 17.5 Å². The van der Waals surface area contributed by atoms with Crippen molar-refractivity contribution in [2.24, 2.45) is 5.92 Å². The van der Waals surface area contributed by atoms with Gasteiger partial charge < -0.3 is 49.6 Å². The lowest BCUT2D eigenvalue weighted by Gasteiger charge is -2.35. The van der Waals surface area contributed by atoms with Gasteiger partial charge in [-0.2, -0.15) is 15.1 Å². The fourth-order valence-electron chi connectivity index (χ4n) is 11.9. The van der Waals surface area contributed by atoms with Crippen LogP contribution in [-0.2, 0) is 20.9 Å². The minimum Gasteiger partial charge on any atom is -0.489 e. The second-order valence-corrected chi connectivity index (χ2v) is 22.7. The first kappa shape index (κ1) is 53.3. The topological polar surface area (TPSA) is 240 Å². The normalized spacial score (nSPS) is 20.5. The second-order valence-electron chi connectivity index (χ2n) is 21.5. The van der Waals surface area contributed by atoms with Gasteiger partial charge in [0.15, 0.2) is 11.5 Å². The molecule has 20 nitrogen and oxygen atoms in total. The summed E-state index contributed by atoms with van der Waals surface area (Å²) in [5.41, 5.74) is 8.32. The molecule has 4 aromatic heterocycles. The lowest BCUT2D eigenvalue weighted by Crippen LogP contribution is -2.53. The number of rotatable bonds is 17. The van der Waals surface area contributed by atoms with Crippen LogP contribution in [0.4, 0.5) is 10.2 Å². The van der Waals surface area contributed by atoms with Crippen molar-refractivity contribution < 1.29 is 43.1 Å². The number of aryl methyl sites for hydroxylation is 1. The average molecular weight is 1130 g/mol. The van der Waals surface area contributed by atoms with Gasteiger partial charge >= 0.3 is 6.01 Å². The molecule has 8 aromatic rings. The summed E-state index contributed by atoms with van der Waals surface area (Å²) < 4.78 is 43.0. The fourth-order valence-corrected chi connectivity index (χ4v) is 13.1. The van der Waals surface area contributed by atoms with E-state index in [0.717, 1.165) is 34.7 Å². The fraction of sp³-hybridized carbons (Fsp3) is 0.404. The first-order valence-corrected chi connectivity index (χ1v) is 28.0. The van der Waals surface area contributed by atoms with E-state index in [1.165, 1.54) is 27.0 Å². The monoisotopic (exact) mass is 1130 g/mol. The number of hydrogen-bond donors (Lipinski definition) is 5. The van der Waals surface area contributed by atoms with Crippen LogP contribution in [0.15, 0.2) is 72.5 Å². The predicted octanol–water partition coefficient (Wildman–Crippen LogP) is 7.28. The summed E-state index contributed by atoms with van der Waals surface area (Å²) >= 11 is 9.13. The van der Waals surface area contributed by atoms with E-state index in [1.807, 2.05) is 76.2 Å². The quantitative estimate of drug-likeness (QED) is 0.0602. The number of anilines is 1. The van der Waals surface area contributed by atoms with Crippen LogP contribution in [0.3, 0.4) is 0 Å². The second kappa shape index (κ2) is 21.6. The number of hydrogen-bond acceptors (Lipinski definition) is 17. The number of ether oxygens (including phenoxy) is 4. The molecule has 5 N–H and O–H groups in total. The molecule has 2 amide bonds. The van der Waals surface area contributed by atoms with Gasteiger partial charge in [0.25, 0.3) is 0 Å². The minimum absolute atomic E-state index is 0.0178. The van der Waals surface area contributed by atoms with Gasteiger partial charge in [0, 0.05) is 60.8 Å². The highest BCUT2D eigenvalue weighted by molar-refractivity contribution is 7.13. The molecule has 0 unspecified atom stereocenters. The van der Waals surface area contributed by atoms with Crippen LogP contribution < -0.4 is 29.7 Å². The number of likely N-dealkylation sites (tertiary alicyclic amines) is 1. The molecule has 80 heavy (non-hydrogen) atoms. The van der Waals surface area contributed by atoms with E-state index in [2.05, 4.69) is 41.0 Å². The number of aliphatic hydroxyl groups excluding tert-OH is 2. The summed E-state index contributed by atoms with van der Waals surface area (Å²) in [6, 6.07) is 14.2. The molecule has 2 bridgehead atoms. The number of nitrogens with zero attached hydrogens (tertiary/aromatic N) is 9. The first-order chi connectivity index (χ1) is 38.7. The number of β-amino-alcohol motifs (C(OH)–C–C–N with tert-alkyl or cyclic N) is 1. The molecular weight excluding hydrogens is 1070 g/mol. The van der Waals surface area contributed by atoms with Crippen molar-refractivity contribution in [2.45, 2.75) is 103 Å². The molecule has 0 aliphatic carbocycles. The molecule has 8 heterocycles. The predicted molar refractivity (Wildman–Crippen MR) is 298 cm³/mol. The minimum atomic E-state index is -0.994. The Morgan fingerprint density at radius 1 is 1.05 bits per heavy atom. The number of nitrogens with one attached hydrogen (secondary N) is 3. The van der Waals surface area contributed by atoms with Crippen molar-refractivity contribution in [1.29, 1.82) is 0 Å². The molecule has 3 saturated heterocycles. The summed E-state index contributed by atoms with van der Waals surface area (Å²) in [6.07, 6.45) is 2.92. The van der Waals surface area contributed by atoms with E-state index in [-0.39, 0.29) is 73.6 Å². The van der Waals surface area contributed by atoms with Crippen LogP contribution in [0, 0.1) is 25.6 Å². The summed E-state index contributed by atoms with van der Waals surface area (Å²) in [7, 11) is 1.60. The van der Waals surface area contributed by atoms with Gasteiger partial charge in [0.05, 0.1) is 75.8 Å². The number of H-pyrrole nitrogens is 1. The third-order valence-corrected chi connectivity index (χ3v) is 17.2. The Morgan fingerprint density at radius 3 is 2.58 bits per heavy atom. The number of thiazole rings is 1. The standard InChI is InChI=1S/C57H60ClFN12O8S/c1-27(2)50(56(75)69-20-36(73)16-43(69)55(74)63-42(22-72)33-11-13-34(14-12-33)53-30(5)61-26-80-53)70-21-41(67-68-70)32-9-7-31(8-10-32)24-77-52-46(45-29(4)38(59)17-39-37(45)19-62-66-39)48(58)51-47-49(52)64-57(79-28(3)23-76-6)65-54(47)71-35-15-40(60-18-35)44(71)25-78-51/h7-14,17,19,21,26-28,35-36,40,42-44,50,60,72-73H,15-16,18,20,22-25H2,1-6H3,(H,62,66)(H,63,74)/t28-,35+,36-,40+,42+,43+,44-,50+/m1/s1. The Bertz CT molecular complexity index is 3650. The van der Waals surface area contributed by atoms with E-state index < -0.39 is 48.0 Å². The van der Waals surface area contributed by atoms with E-state index >= 15 is 4.39 Å². The van der Waals surface area contributed by atoms with E-state index in [1.54, 1.807) is 31.9 Å². The van der Waals surface area contributed by atoms with E-state index in [9.17, 15) is 19.8 Å². The number of aromatic amines is 1. The average Bonchev–Trinajstić information content (AvgIpc) is 4.49. The van der Waals surface area contributed by atoms with Crippen molar-refractivity contribution in [1.82, 2.24) is 55.7 Å². The van der Waals surface area contributed by atoms with Crippen molar-refractivity contribution in [3.05, 3.63) is 106 Å². The molecule has 23 heteroatoms. The largest absolute Gasteiger partial charge is 0.489 e. The van der Waals surface area contributed by atoms with Gasteiger partial charge in [-0.05, 0) is 61.4 Å². The number of piperazine rings is 1. The van der Waals surface area contributed by atoms with Gasteiger partial charge in [-0.25, -0.2) is 14.1 Å². The van der Waals surface area contributed by atoms with E-state index in [0.29, 0.717) is 73.5 Å². The lowest BCUT2D eigenvalue weighted by molar-refractivity contribution is -0.142. The number of amides is 2. The molecule has 4 aliphatic rings. The number of aromatic nitrogens is 8. The van der Waals surface area contributed by atoms with Crippen molar-refractivity contribution in [2.75, 3.05) is 44.9 Å². The molecule has 0 radical (unpaired) electrons. The third kappa shape index (κ3) is 9.53. The molecule has 8 atom stereocenters. The summed E-state index contributed by atoms with van der Waals surface area (Å²) in [6.45, 7) is 10.2. The van der Waals surface area contributed by atoms with Crippen LogP contribution in [0.25, 0.3) is 54.6 Å². The summed E-state index contributed by atoms with van der Waals surface area (Å²) in [4.78, 5) is 47.8. The highest BCUT2D eigenvalue weighted by Crippen LogP contribution is 2.55. The molecule has 416 valence electrons. The van der Waals surface area contributed by atoms with Gasteiger partial charge in [-0.1, -0.05) is 79.2 Å². The maximum absolute atomic E-state index is 16.0. The smallest absolute Gasteiger partial charge is 0.319 e. The van der Waals surface area contributed by atoms with E-state index in [4.69, 9.17) is 40.5 Å². The zero-order chi connectivity index (χ0) is 55.7.